The summed E-state index contributed by atoms with van der Waals surface area (Å²) in [5, 5.41) is 9.99. The molecule has 1 aromatic carbocycles. The summed E-state index contributed by atoms with van der Waals surface area (Å²) in [6, 6.07) is 5.11. The van der Waals surface area contributed by atoms with Crippen LogP contribution >= 0.6 is 11.6 Å². The molecule has 108 valence electrons. The predicted molar refractivity (Wildman–Crippen MR) is 82.8 cm³/mol. The molecule has 1 heterocycles. The summed E-state index contributed by atoms with van der Waals surface area (Å²) in [4.78, 5) is 8.25. The molecule has 2 aromatic rings. The fourth-order valence-corrected chi connectivity index (χ4v) is 1.97. The molecule has 0 spiro atoms. The van der Waals surface area contributed by atoms with E-state index in [4.69, 9.17) is 11.6 Å². The van der Waals surface area contributed by atoms with Crippen LogP contribution in [0.1, 0.15) is 18.1 Å². The molecule has 0 unspecified atom stereocenters. The number of allylic oxidation sites excluding steroid dienone is 3. The van der Waals surface area contributed by atoms with Crippen molar-refractivity contribution in [3.8, 4) is 17.1 Å². The van der Waals surface area contributed by atoms with E-state index in [2.05, 4.69) is 9.97 Å². The molecule has 0 aliphatic rings. The van der Waals surface area contributed by atoms with Crippen molar-refractivity contribution in [3.05, 3.63) is 58.7 Å². The van der Waals surface area contributed by atoms with E-state index in [9.17, 15) is 9.50 Å². The van der Waals surface area contributed by atoms with Crippen LogP contribution in [0.4, 0.5) is 4.39 Å². The number of benzene rings is 1. The van der Waals surface area contributed by atoms with Gasteiger partial charge in [-0.15, -0.1) is 0 Å². The fourth-order valence-electron chi connectivity index (χ4n) is 1.78. The van der Waals surface area contributed by atoms with Gasteiger partial charge in [-0.25, -0.2) is 14.4 Å². The van der Waals surface area contributed by atoms with Gasteiger partial charge in [-0.2, -0.15) is 0 Å². The Morgan fingerprint density at radius 3 is 2.81 bits per heavy atom. The highest BCUT2D eigenvalue weighted by atomic mass is 35.5. The van der Waals surface area contributed by atoms with E-state index in [-0.39, 0.29) is 10.9 Å². The molecule has 21 heavy (non-hydrogen) atoms. The van der Waals surface area contributed by atoms with Crippen molar-refractivity contribution in [3.63, 3.8) is 0 Å². The van der Waals surface area contributed by atoms with Gasteiger partial charge in [-0.3, -0.25) is 0 Å². The number of aromatic nitrogens is 2. The number of aromatic hydroxyl groups is 1. The van der Waals surface area contributed by atoms with E-state index in [0.717, 1.165) is 5.56 Å². The molecule has 1 aromatic heterocycles. The standard InChI is InChI=1S/C16H14ClFN2O/c1-3-4-12(18)8-11-9-19-16(20-15(11)17)13-7-10(2)5-6-14(13)21/h3-9,21H,1-2H3/b4-3-,12-8+. The molecule has 0 aliphatic carbocycles. The second kappa shape index (κ2) is 6.50. The second-order valence-electron chi connectivity index (χ2n) is 4.49. The molecule has 0 amide bonds. The lowest BCUT2D eigenvalue weighted by molar-refractivity contribution is 0.476. The molecule has 5 heteroatoms. The van der Waals surface area contributed by atoms with Gasteiger partial charge in [0.2, 0.25) is 0 Å². The quantitative estimate of drug-likeness (QED) is 0.660. The Morgan fingerprint density at radius 1 is 1.38 bits per heavy atom. The molecule has 0 fully saturated rings. The number of nitrogens with zero attached hydrogens (tertiary/aromatic N) is 2. The molecule has 0 saturated heterocycles. The number of rotatable bonds is 3. The summed E-state index contributed by atoms with van der Waals surface area (Å²) in [5.74, 6) is -0.0704. The van der Waals surface area contributed by atoms with Crippen LogP contribution in [0.15, 0.2) is 42.4 Å². The van der Waals surface area contributed by atoms with Crippen LogP contribution in [0, 0.1) is 6.92 Å². The molecule has 2 rings (SSSR count). The molecule has 0 atom stereocenters. The Morgan fingerprint density at radius 2 is 2.14 bits per heavy atom. The minimum Gasteiger partial charge on any atom is -0.507 e. The summed E-state index contributed by atoms with van der Waals surface area (Å²) >= 11 is 6.05. The van der Waals surface area contributed by atoms with E-state index in [0.29, 0.717) is 17.0 Å². The second-order valence-corrected chi connectivity index (χ2v) is 4.85. The van der Waals surface area contributed by atoms with Gasteiger partial charge in [-0.05, 0) is 38.1 Å². The van der Waals surface area contributed by atoms with Gasteiger partial charge >= 0.3 is 0 Å². The minimum absolute atomic E-state index is 0.0695. The largest absolute Gasteiger partial charge is 0.507 e. The van der Waals surface area contributed by atoms with Crippen molar-refractivity contribution in [2.75, 3.05) is 0 Å². The SMILES string of the molecule is C/C=C\C(F)=C/c1cnc(-c2cc(C)ccc2O)nc1Cl. The molecule has 1 N–H and O–H groups in total. The summed E-state index contributed by atoms with van der Waals surface area (Å²) in [5.41, 5.74) is 1.83. The molecule has 0 bridgehead atoms. The molecule has 0 radical (unpaired) electrons. The first-order chi connectivity index (χ1) is 10.0. The highest BCUT2D eigenvalue weighted by Gasteiger charge is 2.10. The highest BCUT2D eigenvalue weighted by Crippen LogP contribution is 2.29. The van der Waals surface area contributed by atoms with Crippen LogP contribution in [0.2, 0.25) is 5.15 Å². The molecule has 0 aliphatic heterocycles. The van der Waals surface area contributed by atoms with Gasteiger partial charge in [0.05, 0.1) is 5.56 Å². The molecule has 0 saturated carbocycles. The summed E-state index contributed by atoms with van der Waals surface area (Å²) in [7, 11) is 0. The zero-order valence-electron chi connectivity index (χ0n) is 11.6. The van der Waals surface area contributed by atoms with Gasteiger partial charge in [0.15, 0.2) is 5.82 Å². The average molecular weight is 305 g/mol. The lowest BCUT2D eigenvalue weighted by Crippen LogP contribution is -1.93. The van der Waals surface area contributed by atoms with Gasteiger partial charge < -0.3 is 5.11 Å². The first kappa shape index (κ1) is 15.2. The normalized spacial score (nSPS) is 12.1. The van der Waals surface area contributed by atoms with Crippen molar-refractivity contribution in [2.45, 2.75) is 13.8 Å². The third kappa shape index (κ3) is 3.67. The van der Waals surface area contributed by atoms with E-state index < -0.39 is 5.83 Å². The molecule has 3 nitrogen and oxygen atoms in total. The maximum absolute atomic E-state index is 13.4. The van der Waals surface area contributed by atoms with E-state index in [1.807, 2.05) is 6.92 Å². The van der Waals surface area contributed by atoms with Crippen molar-refractivity contribution < 1.29 is 9.50 Å². The predicted octanol–water partition coefficient (Wildman–Crippen LogP) is 4.70. The topological polar surface area (TPSA) is 46.0 Å². The van der Waals surface area contributed by atoms with E-state index >= 15 is 0 Å². The van der Waals surface area contributed by atoms with Crippen LogP contribution in [0.5, 0.6) is 5.75 Å². The number of hydrogen-bond acceptors (Lipinski definition) is 3. The van der Waals surface area contributed by atoms with Gasteiger partial charge in [-0.1, -0.05) is 29.3 Å². The molecular weight excluding hydrogens is 291 g/mol. The number of halogens is 2. The van der Waals surface area contributed by atoms with Crippen molar-refractivity contribution in [1.29, 1.82) is 0 Å². The summed E-state index contributed by atoms with van der Waals surface area (Å²) in [6.07, 6.45) is 5.58. The number of phenols is 1. The Labute approximate surface area is 127 Å². The number of hydrogen-bond donors (Lipinski definition) is 1. The zero-order valence-corrected chi connectivity index (χ0v) is 12.4. The number of aryl methyl sites for hydroxylation is 1. The Balaban J connectivity index is 2.44. The van der Waals surface area contributed by atoms with Gasteiger partial charge in [0.25, 0.3) is 0 Å². The first-order valence-corrected chi connectivity index (χ1v) is 6.71. The third-order valence-electron chi connectivity index (χ3n) is 2.78. The van der Waals surface area contributed by atoms with Crippen LogP contribution in [-0.2, 0) is 0 Å². The minimum atomic E-state index is -0.436. The Kier molecular flexibility index (Phi) is 4.70. The first-order valence-electron chi connectivity index (χ1n) is 6.33. The monoisotopic (exact) mass is 304 g/mol. The van der Waals surface area contributed by atoms with E-state index in [1.54, 1.807) is 31.2 Å². The maximum atomic E-state index is 13.4. The Bertz CT molecular complexity index is 726. The Hall–Kier alpha value is -2.20. The van der Waals surface area contributed by atoms with Crippen LogP contribution in [0.3, 0.4) is 0 Å². The summed E-state index contributed by atoms with van der Waals surface area (Å²) in [6.45, 7) is 3.61. The van der Waals surface area contributed by atoms with Crippen molar-refractivity contribution in [1.82, 2.24) is 9.97 Å². The lowest BCUT2D eigenvalue weighted by atomic mass is 10.1. The van der Waals surface area contributed by atoms with Crippen molar-refractivity contribution in [2.24, 2.45) is 0 Å². The van der Waals surface area contributed by atoms with Crippen LogP contribution in [0.25, 0.3) is 17.5 Å². The van der Waals surface area contributed by atoms with Crippen molar-refractivity contribution >= 4 is 17.7 Å². The van der Waals surface area contributed by atoms with Gasteiger partial charge in [0.1, 0.15) is 16.7 Å². The maximum Gasteiger partial charge on any atom is 0.164 e. The molecular formula is C16H14ClFN2O. The lowest BCUT2D eigenvalue weighted by Gasteiger charge is -2.06. The summed E-state index contributed by atoms with van der Waals surface area (Å²) < 4.78 is 13.4. The van der Waals surface area contributed by atoms with Crippen LogP contribution in [-0.4, -0.2) is 15.1 Å². The van der Waals surface area contributed by atoms with E-state index in [1.165, 1.54) is 18.3 Å². The van der Waals surface area contributed by atoms with Gasteiger partial charge in [0, 0.05) is 11.8 Å². The average Bonchev–Trinajstić information content (AvgIpc) is 2.44. The fraction of sp³-hybridized carbons (Fsp3) is 0.125. The third-order valence-corrected chi connectivity index (χ3v) is 3.08. The number of phenolic OH excluding ortho intramolecular Hbond substituents is 1. The highest BCUT2D eigenvalue weighted by molar-refractivity contribution is 6.30. The zero-order chi connectivity index (χ0) is 15.4. The smallest absolute Gasteiger partial charge is 0.164 e. The van der Waals surface area contributed by atoms with Crippen LogP contribution < -0.4 is 0 Å².